The van der Waals surface area contributed by atoms with E-state index in [-0.39, 0.29) is 5.75 Å². The zero-order valence-electron chi connectivity index (χ0n) is 22.3. The molecule has 3 aromatic carbocycles. The number of nitrogens with one attached hydrogen (secondary N) is 1. The smallest absolute Gasteiger partial charge is 0.183 e. The Bertz CT molecular complexity index is 1890. The maximum absolute atomic E-state index is 15.3. The van der Waals surface area contributed by atoms with Gasteiger partial charge in [-0.3, -0.25) is 4.98 Å². The van der Waals surface area contributed by atoms with Crippen LogP contribution < -0.4 is 19.5 Å². The van der Waals surface area contributed by atoms with E-state index in [2.05, 4.69) is 25.6 Å². The molecule has 0 saturated heterocycles. The predicted octanol–water partition coefficient (Wildman–Crippen LogP) is 6.67. The van der Waals surface area contributed by atoms with E-state index in [0.29, 0.717) is 45.5 Å². The topological polar surface area (TPSA) is 96.2 Å². The van der Waals surface area contributed by atoms with Crippen LogP contribution in [0, 0.1) is 19.7 Å². The summed E-state index contributed by atoms with van der Waals surface area (Å²) in [5, 5.41) is 18.9. The number of aromatic nitrogens is 5. The Morgan fingerprint density at radius 1 is 0.775 bits per heavy atom. The van der Waals surface area contributed by atoms with E-state index in [0.717, 1.165) is 22.2 Å². The second-order valence-electron chi connectivity index (χ2n) is 9.16. The van der Waals surface area contributed by atoms with Gasteiger partial charge in [0.1, 0.15) is 5.75 Å². The van der Waals surface area contributed by atoms with Gasteiger partial charge < -0.3 is 19.5 Å². The van der Waals surface area contributed by atoms with Gasteiger partial charge >= 0.3 is 0 Å². The van der Waals surface area contributed by atoms with E-state index in [1.165, 1.54) is 6.07 Å². The molecule has 0 bridgehead atoms. The number of pyridine rings is 1. The Morgan fingerprint density at radius 3 is 2.27 bits per heavy atom. The van der Waals surface area contributed by atoms with Gasteiger partial charge in [0.2, 0.25) is 0 Å². The monoisotopic (exact) mass is 536 g/mol. The first-order valence-electron chi connectivity index (χ1n) is 12.5. The van der Waals surface area contributed by atoms with Gasteiger partial charge in [0.15, 0.2) is 34.7 Å². The first kappa shape index (κ1) is 25.1. The Hall–Kier alpha value is -5.25. The lowest BCUT2D eigenvalue weighted by atomic mass is 10.1. The van der Waals surface area contributed by atoms with Crippen LogP contribution in [0.4, 0.5) is 15.9 Å². The molecule has 0 radical (unpaired) electrons. The Balaban J connectivity index is 1.31. The Kier molecular flexibility index (Phi) is 6.35. The molecule has 200 valence electrons. The SMILES string of the molecule is COc1cc2nccc(Oc3ccc(Nc4nnc(-n5nc(C)cc5C)c5ccccc45)cc3F)c2cc1OC. The third-order valence-electron chi connectivity index (χ3n) is 6.50. The number of ether oxygens (including phenoxy) is 3. The lowest BCUT2D eigenvalue weighted by molar-refractivity contribution is 0.355. The number of methoxy groups -OCH3 is 2. The molecule has 0 aliphatic heterocycles. The molecule has 0 fully saturated rings. The standard InChI is InChI=1S/C30H25FN6O3/c1-17-13-18(2)37(36-17)30-21-8-6-5-7-20(21)29(34-35-30)33-19-9-10-26(23(31)14-19)40-25-11-12-32-24-16-28(39-4)27(38-3)15-22(24)25/h5-16H,1-4H3,(H,33,34). The largest absolute Gasteiger partial charge is 0.493 e. The Morgan fingerprint density at radius 2 is 1.55 bits per heavy atom. The van der Waals surface area contributed by atoms with Crippen LogP contribution in [0.25, 0.3) is 27.5 Å². The first-order chi connectivity index (χ1) is 19.4. The molecule has 0 atom stereocenters. The van der Waals surface area contributed by atoms with Crippen molar-refractivity contribution < 1.29 is 18.6 Å². The third-order valence-corrected chi connectivity index (χ3v) is 6.50. The molecule has 9 nitrogen and oxygen atoms in total. The third kappa shape index (κ3) is 4.49. The zero-order valence-corrected chi connectivity index (χ0v) is 22.3. The molecule has 0 saturated carbocycles. The van der Waals surface area contributed by atoms with Gasteiger partial charge in [-0.15, -0.1) is 10.2 Å². The highest BCUT2D eigenvalue weighted by atomic mass is 19.1. The lowest BCUT2D eigenvalue weighted by Crippen LogP contribution is -2.06. The summed E-state index contributed by atoms with van der Waals surface area (Å²) >= 11 is 0. The fourth-order valence-corrected chi connectivity index (χ4v) is 4.63. The average molecular weight is 537 g/mol. The average Bonchev–Trinajstić information content (AvgIpc) is 3.31. The molecule has 1 N–H and O–H groups in total. The van der Waals surface area contributed by atoms with Gasteiger partial charge in [0.05, 0.1) is 25.4 Å². The molecule has 3 aromatic heterocycles. The summed E-state index contributed by atoms with van der Waals surface area (Å²) in [6.45, 7) is 3.90. The molecule has 6 aromatic rings. The number of anilines is 2. The highest BCUT2D eigenvalue weighted by Gasteiger charge is 2.16. The molecule has 0 aliphatic carbocycles. The number of fused-ring (bicyclic) bond motifs is 2. The number of aryl methyl sites for hydroxylation is 2. The van der Waals surface area contributed by atoms with Crippen LogP contribution in [0.1, 0.15) is 11.4 Å². The number of benzene rings is 3. The van der Waals surface area contributed by atoms with Gasteiger partial charge in [-0.2, -0.15) is 5.10 Å². The number of nitrogens with zero attached hydrogens (tertiary/aromatic N) is 5. The molecule has 6 rings (SSSR count). The molecule has 0 aliphatic rings. The summed E-state index contributed by atoms with van der Waals surface area (Å²) in [5.41, 5.74) is 2.97. The normalized spacial score (nSPS) is 11.1. The summed E-state index contributed by atoms with van der Waals surface area (Å²) < 4.78 is 33.8. The molecule has 0 unspecified atom stereocenters. The van der Waals surface area contributed by atoms with Crippen LogP contribution in [0.3, 0.4) is 0 Å². The van der Waals surface area contributed by atoms with Gasteiger partial charge in [-0.05, 0) is 44.2 Å². The minimum absolute atomic E-state index is 0.0589. The van der Waals surface area contributed by atoms with Gasteiger partial charge in [0, 0.05) is 45.9 Å². The quantitative estimate of drug-likeness (QED) is 0.242. The second-order valence-corrected chi connectivity index (χ2v) is 9.16. The number of rotatable bonds is 7. The van der Waals surface area contributed by atoms with E-state index in [4.69, 9.17) is 14.2 Å². The molecule has 40 heavy (non-hydrogen) atoms. The van der Waals surface area contributed by atoms with Crippen molar-refractivity contribution in [2.45, 2.75) is 13.8 Å². The van der Waals surface area contributed by atoms with Crippen molar-refractivity contribution in [3.05, 3.63) is 90.1 Å². The second kappa shape index (κ2) is 10.1. The van der Waals surface area contributed by atoms with Crippen molar-refractivity contribution in [1.29, 1.82) is 0 Å². The highest BCUT2D eigenvalue weighted by Crippen LogP contribution is 2.38. The Labute approximate surface area is 229 Å². The van der Waals surface area contributed by atoms with Crippen molar-refractivity contribution in [2.24, 2.45) is 0 Å². The molecule has 0 amide bonds. The van der Waals surface area contributed by atoms with E-state index in [1.807, 2.05) is 44.2 Å². The number of hydrogen-bond donors (Lipinski definition) is 1. The summed E-state index contributed by atoms with van der Waals surface area (Å²) in [7, 11) is 3.10. The van der Waals surface area contributed by atoms with E-state index in [1.54, 1.807) is 55.4 Å². The number of halogens is 1. The lowest BCUT2D eigenvalue weighted by Gasteiger charge is -2.14. The highest BCUT2D eigenvalue weighted by molar-refractivity contribution is 5.97. The van der Waals surface area contributed by atoms with Crippen LogP contribution in [-0.2, 0) is 0 Å². The fourth-order valence-electron chi connectivity index (χ4n) is 4.63. The summed E-state index contributed by atoms with van der Waals surface area (Å²) in [4.78, 5) is 4.37. The fraction of sp³-hybridized carbons (Fsp3) is 0.133. The van der Waals surface area contributed by atoms with E-state index < -0.39 is 5.82 Å². The minimum atomic E-state index is -0.549. The van der Waals surface area contributed by atoms with Crippen LogP contribution >= 0.6 is 0 Å². The van der Waals surface area contributed by atoms with Crippen molar-refractivity contribution in [3.63, 3.8) is 0 Å². The first-order valence-corrected chi connectivity index (χ1v) is 12.5. The summed E-state index contributed by atoms with van der Waals surface area (Å²) in [6, 6.07) is 19.5. The van der Waals surface area contributed by atoms with E-state index >= 15 is 4.39 Å². The molecule has 0 spiro atoms. The zero-order chi connectivity index (χ0) is 27.8. The number of hydrogen-bond acceptors (Lipinski definition) is 8. The van der Waals surface area contributed by atoms with Crippen LogP contribution in [0.5, 0.6) is 23.0 Å². The minimum Gasteiger partial charge on any atom is -0.493 e. The summed E-state index contributed by atoms with van der Waals surface area (Å²) in [6.07, 6.45) is 1.59. The van der Waals surface area contributed by atoms with Gasteiger partial charge in [-0.25, -0.2) is 9.07 Å². The van der Waals surface area contributed by atoms with Gasteiger partial charge in [0.25, 0.3) is 0 Å². The molecular weight excluding hydrogens is 511 g/mol. The molecule has 3 heterocycles. The molecule has 10 heteroatoms. The summed E-state index contributed by atoms with van der Waals surface area (Å²) in [5.74, 6) is 2.12. The predicted molar refractivity (Wildman–Crippen MR) is 151 cm³/mol. The van der Waals surface area contributed by atoms with Crippen molar-refractivity contribution in [1.82, 2.24) is 25.0 Å². The van der Waals surface area contributed by atoms with Crippen LogP contribution in [-0.4, -0.2) is 39.2 Å². The maximum atomic E-state index is 15.3. The van der Waals surface area contributed by atoms with E-state index in [9.17, 15) is 0 Å². The van der Waals surface area contributed by atoms with Gasteiger partial charge in [-0.1, -0.05) is 24.3 Å². The molecular formula is C30H25FN6O3. The van der Waals surface area contributed by atoms with Crippen LogP contribution in [0.2, 0.25) is 0 Å². The van der Waals surface area contributed by atoms with Crippen molar-refractivity contribution in [3.8, 4) is 28.8 Å². The van der Waals surface area contributed by atoms with Crippen molar-refractivity contribution >= 4 is 33.2 Å². The van der Waals surface area contributed by atoms with Crippen molar-refractivity contribution in [2.75, 3.05) is 19.5 Å². The van der Waals surface area contributed by atoms with Crippen LogP contribution in [0.15, 0.2) is 72.9 Å². The maximum Gasteiger partial charge on any atom is 0.183 e.